The maximum absolute atomic E-state index is 13.6. The second kappa shape index (κ2) is 5.93. The van der Waals surface area contributed by atoms with E-state index in [1.54, 1.807) is 18.4 Å². The van der Waals surface area contributed by atoms with Gasteiger partial charge in [0.2, 0.25) is 0 Å². The Morgan fingerprint density at radius 3 is 2.50 bits per heavy atom. The number of benzene rings is 1. The van der Waals surface area contributed by atoms with Gasteiger partial charge in [-0.25, -0.2) is 4.39 Å². The molecule has 0 spiro atoms. The maximum atomic E-state index is 13.6. The van der Waals surface area contributed by atoms with Gasteiger partial charge < -0.3 is 5.32 Å². The molecule has 0 aliphatic heterocycles. The van der Waals surface area contributed by atoms with Crippen molar-refractivity contribution in [3.63, 3.8) is 0 Å². The van der Waals surface area contributed by atoms with Gasteiger partial charge in [-0.3, -0.25) is 0 Å². The van der Waals surface area contributed by atoms with E-state index in [1.807, 2.05) is 16.8 Å². The van der Waals surface area contributed by atoms with Crippen LogP contribution in [0.15, 0.2) is 35.0 Å². The normalized spacial score (nSPS) is 13.4. The Bertz CT molecular complexity index is 563. The minimum absolute atomic E-state index is 0.221. The summed E-state index contributed by atoms with van der Waals surface area (Å²) in [5.74, 6) is -1.24. The lowest BCUT2D eigenvalue weighted by Gasteiger charge is -2.17. The summed E-state index contributed by atoms with van der Waals surface area (Å²) in [5.41, 5.74) is 0.338. The molecule has 0 saturated heterocycles. The average Bonchev–Trinajstić information content (AvgIpc) is 2.87. The monoisotopic (exact) mass is 303 g/mol. The molecular weight excluding hydrogens is 290 g/mol. The highest BCUT2D eigenvalue weighted by molar-refractivity contribution is 7.07. The zero-order valence-electron chi connectivity index (χ0n) is 10.7. The number of halogens is 4. The highest BCUT2D eigenvalue weighted by Crippen LogP contribution is 2.32. The molecule has 1 aromatic heterocycles. The van der Waals surface area contributed by atoms with Crippen molar-refractivity contribution in [1.29, 1.82) is 0 Å². The molecule has 0 amide bonds. The Labute approximate surface area is 118 Å². The number of hydrogen-bond acceptors (Lipinski definition) is 2. The Morgan fingerprint density at radius 2 is 2.00 bits per heavy atom. The van der Waals surface area contributed by atoms with Crippen LogP contribution in [0, 0.1) is 5.82 Å². The fourth-order valence-electron chi connectivity index (χ4n) is 2.01. The summed E-state index contributed by atoms with van der Waals surface area (Å²) in [5, 5.41) is 6.89. The molecule has 1 nitrogen and oxygen atoms in total. The molecule has 108 valence electrons. The molecule has 0 aliphatic carbocycles. The predicted molar refractivity (Wildman–Crippen MR) is 71.2 cm³/mol. The van der Waals surface area contributed by atoms with E-state index in [0.717, 1.165) is 17.7 Å². The summed E-state index contributed by atoms with van der Waals surface area (Å²) in [7, 11) is 1.70. The van der Waals surface area contributed by atoms with Gasteiger partial charge in [0, 0.05) is 6.04 Å². The van der Waals surface area contributed by atoms with Crippen molar-refractivity contribution in [2.45, 2.75) is 18.6 Å². The highest BCUT2D eigenvalue weighted by Gasteiger charge is 2.34. The van der Waals surface area contributed by atoms with Gasteiger partial charge >= 0.3 is 6.18 Å². The predicted octanol–water partition coefficient (Wildman–Crippen LogP) is 4.41. The molecular formula is C14H13F4NS. The summed E-state index contributed by atoms with van der Waals surface area (Å²) in [6.07, 6.45) is -4.06. The SMILES string of the molecule is CNC(Cc1ccsc1)c1ccc(C(F)(F)F)c(F)c1. The molecule has 1 N–H and O–H groups in total. The van der Waals surface area contributed by atoms with Crippen molar-refractivity contribution in [2.24, 2.45) is 0 Å². The Balaban J connectivity index is 2.25. The van der Waals surface area contributed by atoms with Crippen molar-refractivity contribution < 1.29 is 17.6 Å². The first kappa shape index (κ1) is 15.0. The van der Waals surface area contributed by atoms with Crippen molar-refractivity contribution >= 4 is 11.3 Å². The molecule has 0 bridgehead atoms. The minimum Gasteiger partial charge on any atom is -0.313 e. The molecule has 1 aromatic carbocycles. The zero-order chi connectivity index (χ0) is 14.8. The van der Waals surface area contributed by atoms with Crippen LogP contribution in [0.2, 0.25) is 0 Å². The van der Waals surface area contributed by atoms with Gasteiger partial charge in [0.15, 0.2) is 0 Å². The van der Waals surface area contributed by atoms with Crippen LogP contribution < -0.4 is 5.32 Å². The fraction of sp³-hybridized carbons (Fsp3) is 0.286. The maximum Gasteiger partial charge on any atom is 0.419 e. The Hall–Kier alpha value is -1.40. The van der Waals surface area contributed by atoms with E-state index in [2.05, 4.69) is 5.32 Å². The van der Waals surface area contributed by atoms with E-state index in [4.69, 9.17) is 0 Å². The topological polar surface area (TPSA) is 12.0 Å². The van der Waals surface area contributed by atoms with Crippen molar-refractivity contribution in [1.82, 2.24) is 5.32 Å². The molecule has 6 heteroatoms. The minimum atomic E-state index is -4.66. The van der Waals surface area contributed by atoms with Crippen molar-refractivity contribution in [3.8, 4) is 0 Å². The van der Waals surface area contributed by atoms with E-state index in [1.165, 1.54) is 6.07 Å². The van der Waals surface area contributed by atoms with E-state index in [0.29, 0.717) is 12.0 Å². The molecule has 1 unspecified atom stereocenters. The third-order valence-corrected chi connectivity index (χ3v) is 3.80. The smallest absolute Gasteiger partial charge is 0.313 e. The number of rotatable bonds is 4. The van der Waals surface area contributed by atoms with Crippen LogP contribution in [0.25, 0.3) is 0 Å². The van der Waals surface area contributed by atoms with Crippen LogP contribution in [0.5, 0.6) is 0 Å². The van der Waals surface area contributed by atoms with Crippen LogP contribution in [0.1, 0.15) is 22.7 Å². The van der Waals surface area contributed by atoms with Crippen LogP contribution in [0.4, 0.5) is 17.6 Å². The number of hydrogen-bond donors (Lipinski definition) is 1. The van der Waals surface area contributed by atoms with Crippen LogP contribution in [-0.2, 0) is 12.6 Å². The molecule has 1 heterocycles. The second-order valence-electron chi connectivity index (χ2n) is 4.41. The summed E-state index contributed by atoms with van der Waals surface area (Å²) in [4.78, 5) is 0. The van der Waals surface area contributed by atoms with Gasteiger partial charge in [-0.15, -0.1) is 0 Å². The lowest BCUT2D eigenvalue weighted by molar-refractivity contribution is -0.140. The van der Waals surface area contributed by atoms with E-state index in [9.17, 15) is 17.6 Å². The third kappa shape index (κ3) is 3.37. The van der Waals surface area contributed by atoms with E-state index in [-0.39, 0.29) is 6.04 Å². The van der Waals surface area contributed by atoms with Crippen molar-refractivity contribution in [2.75, 3.05) is 7.05 Å². The van der Waals surface area contributed by atoms with E-state index >= 15 is 0 Å². The average molecular weight is 303 g/mol. The molecule has 2 aromatic rings. The molecule has 0 radical (unpaired) electrons. The lowest BCUT2D eigenvalue weighted by atomic mass is 9.99. The molecule has 0 fully saturated rings. The summed E-state index contributed by atoms with van der Waals surface area (Å²) in [6.45, 7) is 0. The second-order valence-corrected chi connectivity index (χ2v) is 5.19. The van der Waals surface area contributed by atoms with Crippen LogP contribution in [0.3, 0.4) is 0 Å². The van der Waals surface area contributed by atoms with Crippen LogP contribution >= 0.6 is 11.3 Å². The number of nitrogens with one attached hydrogen (secondary N) is 1. The summed E-state index contributed by atoms with van der Waals surface area (Å²) >= 11 is 1.55. The first-order chi connectivity index (χ1) is 9.41. The third-order valence-electron chi connectivity index (χ3n) is 3.07. The molecule has 0 aliphatic rings. The van der Waals surface area contributed by atoms with Gasteiger partial charge in [0.05, 0.1) is 5.56 Å². The fourth-order valence-corrected chi connectivity index (χ4v) is 2.69. The van der Waals surface area contributed by atoms with E-state index < -0.39 is 17.6 Å². The first-order valence-corrected chi connectivity index (χ1v) is 6.91. The van der Waals surface area contributed by atoms with Gasteiger partial charge in [0.25, 0.3) is 0 Å². The van der Waals surface area contributed by atoms with Crippen molar-refractivity contribution in [3.05, 3.63) is 57.5 Å². The standard InChI is InChI=1S/C14H13F4NS/c1-19-13(6-9-4-5-20-8-9)10-2-3-11(12(15)7-10)14(16,17)18/h2-5,7-8,13,19H,6H2,1H3. The Kier molecular flexibility index (Phi) is 4.45. The molecule has 1 atom stereocenters. The molecule has 2 rings (SSSR count). The van der Waals surface area contributed by atoms with Gasteiger partial charge in [0.1, 0.15) is 5.82 Å². The largest absolute Gasteiger partial charge is 0.419 e. The summed E-state index contributed by atoms with van der Waals surface area (Å²) in [6, 6.07) is 4.79. The number of likely N-dealkylation sites (N-methyl/N-ethyl adjacent to an activating group) is 1. The lowest BCUT2D eigenvalue weighted by Crippen LogP contribution is -2.19. The highest BCUT2D eigenvalue weighted by atomic mass is 32.1. The summed E-state index contributed by atoms with van der Waals surface area (Å²) < 4.78 is 51.1. The zero-order valence-corrected chi connectivity index (χ0v) is 11.5. The first-order valence-electron chi connectivity index (χ1n) is 5.97. The number of alkyl halides is 3. The molecule has 20 heavy (non-hydrogen) atoms. The van der Waals surface area contributed by atoms with Gasteiger partial charge in [-0.05, 0) is 53.6 Å². The van der Waals surface area contributed by atoms with Gasteiger partial charge in [-0.1, -0.05) is 6.07 Å². The van der Waals surface area contributed by atoms with Gasteiger partial charge in [-0.2, -0.15) is 24.5 Å². The quantitative estimate of drug-likeness (QED) is 0.825. The molecule has 0 saturated carbocycles. The number of thiophene rings is 1. The van der Waals surface area contributed by atoms with Crippen LogP contribution in [-0.4, -0.2) is 7.05 Å². The Morgan fingerprint density at radius 1 is 1.25 bits per heavy atom.